The van der Waals surface area contributed by atoms with Crippen molar-refractivity contribution in [2.24, 2.45) is 0 Å². The topological polar surface area (TPSA) is 68.5 Å². The molecule has 2 aromatic heterocycles. The Morgan fingerprint density at radius 3 is 3.04 bits per heavy atom. The maximum absolute atomic E-state index is 13.6. The van der Waals surface area contributed by atoms with Gasteiger partial charge in [0.05, 0.1) is 22.7 Å². The van der Waals surface area contributed by atoms with Gasteiger partial charge in [0.15, 0.2) is 0 Å². The van der Waals surface area contributed by atoms with E-state index in [2.05, 4.69) is 10.1 Å². The number of nitrogens with zero attached hydrogens (tertiary/aromatic N) is 3. The predicted molar refractivity (Wildman–Crippen MR) is 96.7 cm³/mol. The zero-order valence-electron chi connectivity index (χ0n) is 15.0. The fraction of sp³-hybridized carbons (Fsp3) is 0.350. The summed E-state index contributed by atoms with van der Waals surface area (Å²) in [7, 11) is 0. The summed E-state index contributed by atoms with van der Waals surface area (Å²) in [5.41, 5.74) is 2.27. The molecule has 27 heavy (non-hydrogen) atoms. The minimum atomic E-state index is -0.319. The van der Waals surface area contributed by atoms with Crippen LogP contribution >= 0.6 is 0 Å². The molecule has 1 aliphatic heterocycles. The molecule has 1 aliphatic rings. The average molecular weight is 369 g/mol. The zero-order chi connectivity index (χ0) is 18.8. The van der Waals surface area contributed by atoms with Crippen LogP contribution in [0.15, 0.2) is 41.1 Å². The van der Waals surface area contributed by atoms with E-state index in [9.17, 15) is 9.18 Å². The van der Waals surface area contributed by atoms with Crippen LogP contribution in [-0.4, -0.2) is 40.2 Å². The Morgan fingerprint density at radius 1 is 1.37 bits per heavy atom. The second kappa shape index (κ2) is 7.44. The van der Waals surface area contributed by atoms with Crippen molar-refractivity contribution in [1.29, 1.82) is 0 Å². The first-order chi connectivity index (χ1) is 13.1. The number of fused-ring (bicyclic) bond motifs is 1. The molecule has 0 unspecified atom stereocenters. The number of carbonyl (C=O) groups is 1. The Labute approximate surface area is 155 Å². The van der Waals surface area contributed by atoms with Gasteiger partial charge >= 0.3 is 0 Å². The number of aromatic nitrogens is 2. The molecule has 1 saturated heterocycles. The quantitative estimate of drug-likeness (QED) is 0.689. The highest BCUT2D eigenvalue weighted by molar-refractivity contribution is 5.97. The Morgan fingerprint density at radius 2 is 2.26 bits per heavy atom. The highest BCUT2D eigenvalue weighted by atomic mass is 19.1. The maximum Gasteiger partial charge on any atom is 0.257 e. The number of aryl methyl sites for hydroxylation is 1. The average Bonchev–Trinajstić information content (AvgIpc) is 3.30. The number of benzene rings is 1. The molecule has 0 bridgehead atoms. The third-order valence-electron chi connectivity index (χ3n) is 4.75. The third-order valence-corrected chi connectivity index (χ3v) is 4.75. The molecule has 4 rings (SSSR count). The summed E-state index contributed by atoms with van der Waals surface area (Å²) in [5.74, 6) is -0.495. The summed E-state index contributed by atoms with van der Waals surface area (Å²) in [5, 5.41) is 4.59. The lowest BCUT2D eigenvalue weighted by Crippen LogP contribution is -2.37. The lowest BCUT2D eigenvalue weighted by Gasteiger charge is -2.25. The molecule has 0 saturated carbocycles. The van der Waals surface area contributed by atoms with Gasteiger partial charge in [-0.3, -0.25) is 4.79 Å². The van der Waals surface area contributed by atoms with Crippen molar-refractivity contribution in [3.8, 4) is 0 Å². The van der Waals surface area contributed by atoms with Gasteiger partial charge in [-0.25, -0.2) is 9.37 Å². The summed E-state index contributed by atoms with van der Waals surface area (Å²) in [6, 6.07) is 8.03. The number of carbonyl (C=O) groups excluding carboxylic acids is 1. The standard InChI is InChI=1S/C20H20FN3O3/c1-13-18-9-15(10-22-19(18)27-23-13)20(25)24(12-17-6-3-7-26-17)11-14-4-2-5-16(21)8-14/h2,4-5,8-10,17H,3,6-7,11-12H2,1H3/t17-/m1/s1. The van der Waals surface area contributed by atoms with E-state index in [0.29, 0.717) is 42.1 Å². The van der Waals surface area contributed by atoms with Gasteiger partial charge < -0.3 is 14.2 Å². The fourth-order valence-electron chi connectivity index (χ4n) is 3.35. The van der Waals surface area contributed by atoms with Crippen molar-refractivity contribution in [3.63, 3.8) is 0 Å². The van der Waals surface area contributed by atoms with Crippen LogP contribution in [0, 0.1) is 12.7 Å². The number of ether oxygens (including phenoxy) is 1. The van der Waals surface area contributed by atoms with Crippen LogP contribution in [0.2, 0.25) is 0 Å². The van der Waals surface area contributed by atoms with Gasteiger partial charge in [-0.1, -0.05) is 17.3 Å². The van der Waals surface area contributed by atoms with E-state index in [1.165, 1.54) is 18.3 Å². The van der Waals surface area contributed by atoms with E-state index in [1.54, 1.807) is 24.0 Å². The van der Waals surface area contributed by atoms with Gasteiger partial charge in [-0.05, 0) is 43.5 Å². The summed E-state index contributed by atoms with van der Waals surface area (Å²) in [6.45, 7) is 3.27. The van der Waals surface area contributed by atoms with Crippen molar-refractivity contribution < 1.29 is 18.4 Å². The van der Waals surface area contributed by atoms with Gasteiger partial charge in [-0.15, -0.1) is 0 Å². The molecule has 0 N–H and O–H groups in total. The molecule has 3 heterocycles. The highest BCUT2D eigenvalue weighted by Crippen LogP contribution is 2.21. The highest BCUT2D eigenvalue weighted by Gasteiger charge is 2.24. The van der Waals surface area contributed by atoms with Gasteiger partial charge in [-0.2, -0.15) is 0 Å². The van der Waals surface area contributed by atoms with Gasteiger partial charge in [0.25, 0.3) is 11.6 Å². The normalized spacial score (nSPS) is 16.7. The van der Waals surface area contributed by atoms with Crippen molar-refractivity contribution in [2.45, 2.75) is 32.4 Å². The van der Waals surface area contributed by atoms with Crippen LogP contribution < -0.4 is 0 Å². The second-order valence-electron chi connectivity index (χ2n) is 6.80. The van der Waals surface area contributed by atoms with Crippen LogP contribution in [0.25, 0.3) is 11.1 Å². The van der Waals surface area contributed by atoms with Crippen molar-refractivity contribution in [2.75, 3.05) is 13.2 Å². The van der Waals surface area contributed by atoms with Crippen LogP contribution in [0.3, 0.4) is 0 Å². The van der Waals surface area contributed by atoms with Crippen molar-refractivity contribution >= 4 is 17.0 Å². The number of amides is 1. The van der Waals surface area contributed by atoms with Crippen LogP contribution in [-0.2, 0) is 11.3 Å². The SMILES string of the molecule is Cc1noc2ncc(C(=O)N(Cc3cccc(F)c3)C[C@H]3CCCO3)cc12. The maximum atomic E-state index is 13.6. The molecule has 3 aromatic rings. The summed E-state index contributed by atoms with van der Waals surface area (Å²) in [6.07, 6.45) is 3.38. The lowest BCUT2D eigenvalue weighted by atomic mass is 10.1. The monoisotopic (exact) mass is 369 g/mol. The number of halogens is 1. The van der Waals surface area contributed by atoms with Crippen molar-refractivity contribution in [1.82, 2.24) is 15.0 Å². The molecule has 0 aliphatic carbocycles. The number of pyridine rings is 1. The largest absolute Gasteiger partial charge is 0.376 e. The molecule has 6 nitrogen and oxygen atoms in total. The molecule has 0 spiro atoms. The summed E-state index contributed by atoms with van der Waals surface area (Å²) in [4.78, 5) is 19.1. The van der Waals surface area contributed by atoms with Crippen LogP contribution in [0.5, 0.6) is 0 Å². The molecule has 7 heteroatoms. The Bertz CT molecular complexity index is 966. The number of rotatable bonds is 5. The second-order valence-corrected chi connectivity index (χ2v) is 6.80. The summed E-state index contributed by atoms with van der Waals surface area (Å²) >= 11 is 0. The molecule has 1 amide bonds. The first kappa shape index (κ1) is 17.6. The Balaban J connectivity index is 1.62. The molecule has 0 radical (unpaired) electrons. The van der Waals surface area contributed by atoms with Crippen LogP contribution in [0.4, 0.5) is 4.39 Å². The van der Waals surface area contributed by atoms with Crippen molar-refractivity contribution in [3.05, 3.63) is 59.2 Å². The molecular weight excluding hydrogens is 349 g/mol. The molecular formula is C20H20FN3O3. The lowest BCUT2D eigenvalue weighted by molar-refractivity contribution is 0.0507. The van der Waals surface area contributed by atoms with Gasteiger partial charge in [0.1, 0.15) is 5.82 Å². The van der Waals surface area contributed by atoms with E-state index < -0.39 is 0 Å². The predicted octanol–water partition coefficient (Wildman–Crippen LogP) is 3.49. The Hall–Kier alpha value is -2.80. The number of hydrogen-bond donors (Lipinski definition) is 0. The smallest absolute Gasteiger partial charge is 0.257 e. The van der Waals surface area contributed by atoms with Crippen LogP contribution in [0.1, 0.15) is 34.5 Å². The molecule has 1 fully saturated rings. The van der Waals surface area contributed by atoms with E-state index in [1.807, 2.05) is 6.07 Å². The Kier molecular flexibility index (Phi) is 4.85. The zero-order valence-corrected chi connectivity index (χ0v) is 15.0. The molecule has 140 valence electrons. The third kappa shape index (κ3) is 3.83. The van der Waals surface area contributed by atoms with E-state index >= 15 is 0 Å². The van der Waals surface area contributed by atoms with Gasteiger partial charge in [0.2, 0.25) is 0 Å². The first-order valence-electron chi connectivity index (χ1n) is 8.97. The fourth-order valence-corrected chi connectivity index (χ4v) is 3.35. The minimum Gasteiger partial charge on any atom is -0.376 e. The van der Waals surface area contributed by atoms with E-state index in [-0.39, 0.29) is 17.8 Å². The first-order valence-corrected chi connectivity index (χ1v) is 8.97. The minimum absolute atomic E-state index is 0.00322. The van der Waals surface area contributed by atoms with E-state index in [4.69, 9.17) is 9.26 Å². The van der Waals surface area contributed by atoms with Gasteiger partial charge in [0, 0.05) is 25.9 Å². The molecule has 1 atom stereocenters. The number of hydrogen-bond acceptors (Lipinski definition) is 5. The summed E-state index contributed by atoms with van der Waals surface area (Å²) < 4.78 is 24.4. The molecule has 1 aromatic carbocycles. The van der Waals surface area contributed by atoms with E-state index in [0.717, 1.165) is 18.4 Å².